The summed E-state index contributed by atoms with van der Waals surface area (Å²) in [5.74, 6) is 5.33. The highest BCUT2D eigenvalue weighted by molar-refractivity contribution is 6.90. The Morgan fingerprint density at radius 3 is 1.84 bits per heavy atom. The summed E-state index contributed by atoms with van der Waals surface area (Å²) in [7, 11) is -1.49. The van der Waals surface area contributed by atoms with Crippen LogP contribution in [0.15, 0.2) is 0 Å². The van der Waals surface area contributed by atoms with Gasteiger partial charge < -0.3 is 0 Å². The van der Waals surface area contributed by atoms with Crippen molar-refractivity contribution in [2.45, 2.75) is 90.8 Å². The molecule has 19 heavy (non-hydrogen) atoms. The van der Waals surface area contributed by atoms with Gasteiger partial charge in [-0.2, -0.15) is 0 Å². The predicted octanol–water partition coefficient (Wildman–Crippen LogP) is 6.03. The molecule has 0 radical (unpaired) electrons. The van der Waals surface area contributed by atoms with Crippen molar-refractivity contribution in [1.29, 1.82) is 0 Å². The third kappa shape index (κ3) is 3.88. The molecule has 2 atom stereocenters. The highest BCUT2D eigenvalue weighted by Gasteiger charge is 2.41. The van der Waals surface area contributed by atoms with Crippen molar-refractivity contribution >= 4 is 8.07 Å². The molecule has 2 unspecified atom stereocenters. The van der Waals surface area contributed by atoms with Crippen LogP contribution in [-0.2, 0) is 0 Å². The maximum absolute atomic E-state index is 3.91. The van der Waals surface area contributed by atoms with Crippen LogP contribution in [0.5, 0.6) is 0 Å². The Labute approximate surface area is 122 Å². The van der Waals surface area contributed by atoms with E-state index in [1.807, 2.05) is 0 Å². The van der Waals surface area contributed by atoms with E-state index in [4.69, 9.17) is 0 Å². The van der Waals surface area contributed by atoms with E-state index in [2.05, 4.69) is 59.9 Å². The van der Waals surface area contributed by atoms with Crippen LogP contribution in [0.2, 0.25) is 16.6 Å². The molecule has 1 saturated carbocycles. The second-order valence-corrected chi connectivity index (χ2v) is 13.2. The van der Waals surface area contributed by atoms with Crippen molar-refractivity contribution in [1.82, 2.24) is 0 Å². The first-order chi connectivity index (χ1) is 8.80. The lowest BCUT2D eigenvalue weighted by atomic mass is 9.83. The molecule has 1 fully saturated rings. The van der Waals surface area contributed by atoms with Crippen molar-refractivity contribution < 1.29 is 0 Å². The second-order valence-electron chi connectivity index (χ2n) is 7.64. The maximum Gasteiger partial charge on any atom is 0.145 e. The summed E-state index contributed by atoms with van der Waals surface area (Å²) < 4.78 is 0. The van der Waals surface area contributed by atoms with Crippen LogP contribution in [0.4, 0.5) is 0 Å². The number of hydrogen-bond donors (Lipinski definition) is 0. The molecule has 110 valence electrons. The van der Waals surface area contributed by atoms with Crippen LogP contribution in [-0.4, -0.2) is 8.07 Å². The van der Waals surface area contributed by atoms with Crippen LogP contribution in [0, 0.1) is 23.3 Å². The molecule has 0 spiro atoms. The first kappa shape index (κ1) is 16.8. The van der Waals surface area contributed by atoms with Gasteiger partial charge in [0.25, 0.3) is 0 Å². The van der Waals surface area contributed by atoms with E-state index in [9.17, 15) is 0 Å². The SMILES string of the molecule is CC1CCCC(C#C[Si](C(C)C)(C(C)C)C(C)C)C1. The van der Waals surface area contributed by atoms with E-state index in [1.165, 1.54) is 25.7 Å². The molecule has 0 aromatic rings. The minimum atomic E-state index is -1.49. The summed E-state index contributed by atoms with van der Waals surface area (Å²) in [6, 6.07) is 0. The van der Waals surface area contributed by atoms with Gasteiger partial charge in [-0.25, -0.2) is 0 Å². The Morgan fingerprint density at radius 2 is 1.42 bits per heavy atom. The van der Waals surface area contributed by atoms with Crippen molar-refractivity contribution in [2.75, 3.05) is 0 Å². The summed E-state index contributed by atoms with van der Waals surface area (Å²) in [6.45, 7) is 16.8. The van der Waals surface area contributed by atoms with E-state index in [0.717, 1.165) is 22.5 Å². The Bertz CT molecular complexity index is 308. The van der Waals surface area contributed by atoms with Crippen molar-refractivity contribution in [3.05, 3.63) is 0 Å². The average Bonchev–Trinajstić information content (AvgIpc) is 2.28. The van der Waals surface area contributed by atoms with E-state index in [0.29, 0.717) is 5.92 Å². The van der Waals surface area contributed by atoms with Crippen molar-refractivity contribution in [2.24, 2.45) is 11.8 Å². The Hall–Kier alpha value is -0.223. The fourth-order valence-corrected chi connectivity index (χ4v) is 9.55. The zero-order chi connectivity index (χ0) is 14.6. The Balaban J connectivity index is 2.95. The van der Waals surface area contributed by atoms with Crippen molar-refractivity contribution in [3.63, 3.8) is 0 Å². The third-order valence-electron chi connectivity index (χ3n) is 5.30. The molecule has 0 heterocycles. The molecular weight excluding hydrogens is 244 g/mol. The van der Waals surface area contributed by atoms with Gasteiger partial charge in [-0.05, 0) is 35.4 Å². The van der Waals surface area contributed by atoms with Crippen molar-refractivity contribution in [3.8, 4) is 11.5 Å². The molecule has 1 aliphatic rings. The Kier molecular flexibility index (Phi) is 6.18. The molecule has 1 aliphatic carbocycles. The molecule has 1 rings (SSSR count). The molecule has 0 amide bonds. The minimum absolute atomic E-state index is 0.687. The van der Waals surface area contributed by atoms with Gasteiger partial charge in [0.15, 0.2) is 0 Å². The van der Waals surface area contributed by atoms with E-state index in [1.54, 1.807) is 0 Å². The third-order valence-corrected chi connectivity index (χ3v) is 11.6. The van der Waals surface area contributed by atoms with Gasteiger partial charge in [-0.15, -0.1) is 11.5 Å². The molecule has 0 N–H and O–H groups in total. The highest BCUT2D eigenvalue weighted by atomic mass is 28.3. The summed E-state index contributed by atoms with van der Waals surface area (Å²) in [5.41, 5.74) is 6.21. The molecule has 0 saturated heterocycles. The molecule has 0 nitrogen and oxygen atoms in total. The molecular formula is C18H34Si. The molecule has 0 aliphatic heterocycles. The van der Waals surface area contributed by atoms with E-state index < -0.39 is 8.07 Å². The fraction of sp³-hybridized carbons (Fsp3) is 0.889. The lowest BCUT2D eigenvalue weighted by Crippen LogP contribution is -2.43. The largest absolute Gasteiger partial charge is 0.145 e. The second kappa shape index (κ2) is 6.98. The standard InChI is InChI=1S/C18H34Si/c1-14(2)19(15(3)4,16(5)6)12-11-18-10-8-9-17(7)13-18/h14-18H,8-10,13H2,1-7H3. The van der Waals surface area contributed by atoms with Crippen LogP contribution in [0.1, 0.15) is 74.1 Å². The van der Waals surface area contributed by atoms with Crippen LogP contribution < -0.4 is 0 Å². The Morgan fingerprint density at radius 1 is 0.895 bits per heavy atom. The van der Waals surface area contributed by atoms with E-state index in [-0.39, 0.29) is 0 Å². The van der Waals surface area contributed by atoms with Gasteiger partial charge in [-0.1, -0.05) is 61.3 Å². The predicted molar refractivity (Wildman–Crippen MR) is 89.9 cm³/mol. The quantitative estimate of drug-likeness (QED) is 0.436. The fourth-order valence-electron chi connectivity index (χ4n) is 4.23. The van der Waals surface area contributed by atoms with Gasteiger partial charge >= 0.3 is 0 Å². The number of hydrogen-bond acceptors (Lipinski definition) is 0. The molecule has 1 heteroatoms. The van der Waals surface area contributed by atoms with Gasteiger partial charge in [0.1, 0.15) is 8.07 Å². The summed E-state index contributed by atoms with van der Waals surface area (Å²) >= 11 is 0. The monoisotopic (exact) mass is 278 g/mol. The lowest BCUT2D eigenvalue weighted by Gasteiger charge is -2.38. The van der Waals surface area contributed by atoms with Gasteiger partial charge in [0.05, 0.1) is 0 Å². The minimum Gasteiger partial charge on any atom is -0.130 e. The topological polar surface area (TPSA) is 0 Å². The van der Waals surface area contributed by atoms with Crippen LogP contribution in [0.25, 0.3) is 0 Å². The van der Waals surface area contributed by atoms with Gasteiger partial charge in [0, 0.05) is 5.92 Å². The van der Waals surface area contributed by atoms with Gasteiger partial charge in [0.2, 0.25) is 0 Å². The maximum atomic E-state index is 3.91. The average molecular weight is 279 g/mol. The van der Waals surface area contributed by atoms with Crippen LogP contribution in [0.3, 0.4) is 0 Å². The number of rotatable bonds is 3. The summed E-state index contributed by atoms with van der Waals surface area (Å²) in [6.07, 6.45) is 5.49. The lowest BCUT2D eigenvalue weighted by molar-refractivity contribution is 0.333. The normalized spacial score (nSPS) is 24.7. The molecule has 0 bridgehead atoms. The summed E-state index contributed by atoms with van der Waals surface area (Å²) in [4.78, 5) is 0. The van der Waals surface area contributed by atoms with E-state index >= 15 is 0 Å². The first-order valence-corrected chi connectivity index (χ1v) is 10.6. The first-order valence-electron chi connectivity index (χ1n) is 8.33. The molecule has 0 aromatic heterocycles. The van der Waals surface area contributed by atoms with Gasteiger partial charge in [-0.3, -0.25) is 0 Å². The summed E-state index contributed by atoms with van der Waals surface area (Å²) in [5, 5.41) is 0. The molecule has 0 aromatic carbocycles. The highest BCUT2D eigenvalue weighted by Crippen LogP contribution is 2.41. The smallest absolute Gasteiger partial charge is 0.130 e. The van der Waals surface area contributed by atoms with Crippen LogP contribution >= 0.6 is 0 Å². The zero-order valence-electron chi connectivity index (χ0n) is 14.2. The zero-order valence-corrected chi connectivity index (χ0v) is 15.2.